The van der Waals surface area contributed by atoms with Crippen molar-refractivity contribution in [1.82, 2.24) is 20.7 Å². The third kappa shape index (κ3) is 4.84. The number of rotatable bonds is 3. The van der Waals surface area contributed by atoms with Crippen LogP contribution in [0.5, 0.6) is 0 Å². The summed E-state index contributed by atoms with van der Waals surface area (Å²) in [7, 11) is 0. The van der Waals surface area contributed by atoms with Gasteiger partial charge >= 0.3 is 5.97 Å². The van der Waals surface area contributed by atoms with Gasteiger partial charge in [-0.05, 0) is 32.6 Å². The number of aliphatic hydroxyl groups excluding tert-OH is 1. The monoisotopic (exact) mass is 474 g/mol. The molecule has 3 aliphatic rings. The van der Waals surface area contributed by atoms with Crippen LogP contribution in [0.1, 0.15) is 61.2 Å². The van der Waals surface area contributed by atoms with Gasteiger partial charge in [-0.25, -0.2) is 4.79 Å². The van der Waals surface area contributed by atoms with E-state index in [-0.39, 0.29) is 31.0 Å². The summed E-state index contributed by atoms with van der Waals surface area (Å²) < 4.78 is 4.94. The van der Waals surface area contributed by atoms with Gasteiger partial charge in [0.2, 0.25) is 11.8 Å². The highest BCUT2D eigenvalue weighted by atomic mass is 16.5. The second-order valence-electron chi connectivity index (χ2n) is 9.39. The maximum absolute atomic E-state index is 13.5. The Hall–Kier alpha value is -3.21. The van der Waals surface area contributed by atoms with Crippen molar-refractivity contribution in [3.63, 3.8) is 0 Å². The van der Waals surface area contributed by atoms with Crippen molar-refractivity contribution < 1.29 is 33.9 Å². The SMILES string of the molecule is Cc1cc(C(=O)N[C@H]2CCCCC/C=C\C3C[C@@]3(C(=O)O)NC(=O)[C@@H]3C[C@@H](O)CN3C2=O)no1. The lowest BCUT2D eigenvalue weighted by atomic mass is 10.0. The highest BCUT2D eigenvalue weighted by molar-refractivity contribution is 5.98. The van der Waals surface area contributed by atoms with Crippen molar-refractivity contribution in [2.45, 2.75) is 75.6 Å². The van der Waals surface area contributed by atoms with Gasteiger partial charge in [0.1, 0.15) is 23.4 Å². The van der Waals surface area contributed by atoms with Gasteiger partial charge in [-0.1, -0.05) is 30.2 Å². The molecule has 2 aliphatic heterocycles. The average Bonchev–Trinajstić information content (AvgIpc) is 3.09. The third-order valence-corrected chi connectivity index (χ3v) is 6.80. The molecule has 1 saturated heterocycles. The summed E-state index contributed by atoms with van der Waals surface area (Å²) in [4.78, 5) is 52.5. The van der Waals surface area contributed by atoms with Gasteiger partial charge in [0.15, 0.2) is 5.69 Å². The van der Waals surface area contributed by atoms with E-state index in [9.17, 15) is 29.4 Å². The normalized spacial score (nSPS) is 33.1. The topological polar surface area (TPSA) is 162 Å². The number of aliphatic hydroxyl groups is 1. The van der Waals surface area contributed by atoms with Gasteiger partial charge in [0, 0.05) is 24.9 Å². The van der Waals surface area contributed by atoms with E-state index in [4.69, 9.17) is 4.52 Å². The number of carbonyl (C=O) groups excluding carboxylic acids is 3. The molecule has 1 saturated carbocycles. The molecule has 5 atom stereocenters. The zero-order chi connectivity index (χ0) is 24.5. The highest BCUT2D eigenvalue weighted by Crippen LogP contribution is 2.45. The Morgan fingerprint density at radius 1 is 1.29 bits per heavy atom. The Balaban J connectivity index is 1.57. The maximum atomic E-state index is 13.5. The number of aryl methyl sites for hydroxylation is 1. The molecule has 1 unspecified atom stereocenters. The molecule has 34 heavy (non-hydrogen) atoms. The lowest BCUT2D eigenvalue weighted by Gasteiger charge is -2.29. The quantitative estimate of drug-likeness (QED) is 0.461. The fraction of sp³-hybridized carbons (Fsp3) is 0.609. The molecule has 1 aromatic heterocycles. The van der Waals surface area contributed by atoms with E-state index in [0.29, 0.717) is 18.6 Å². The number of nitrogens with zero attached hydrogens (tertiary/aromatic N) is 2. The summed E-state index contributed by atoms with van der Waals surface area (Å²) in [5.74, 6) is -2.65. The summed E-state index contributed by atoms with van der Waals surface area (Å²) in [6.07, 6.45) is 6.55. The first kappa shape index (κ1) is 23.9. The average molecular weight is 475 g/mol. The molecule has 11 nitrogen and oxygen atoms in total. The minimum Gasteiger partial charge on any atom is -0.479 e. The highest BCUT2D eigenvalue weighted by Gasteiger charge is 2.61. The largest absolute Gasteiger partial charge is 0.479 e. The minimum atomic E-state index is -1.39. The van der Waals surface area contributed by atoms with Crippen LogP contribution < -0.4 is 10.6 Å². The number of aromatic nitrogens is 1. The molecular weight excluding hydrogens is 444 g/mol. The standard InChI is InChI=1S/C23H30N4O7/c1-13-9-17(26-34-13)19(29)24-16-8-6-4-2-3-5-7-14-11-23(14,22(32)33)25-20(30)18-10-15(28)12-27(18)21(16)31/h5,7,9,14-16,18,28H,2-4,6,8,10-12H2,1H3,(H,24,29)(H,25,30)(H,32,33)/b7-5-/t14?,15-,16+,18+,23-/m1/s1. The van der Waals surface area contributed by atoms with Crippen molar-refractivity contribution in [3.05, 3.63) is 29.7 Å². The first-order valence-corrected chi connectivity index (χ1v) is 11.7. The van der Waals surface area contributed by atoms with Gasteiger partial charge in [-0.15, -0.1) is 0 Å². The first-order valence-electron chi connectivity index (χ1n) is 11.7. The van der Waals surface area contributed by atoms with Crippen molar-refractivity contribution in [2.75, 3.05) is 6.54 Å². The number of allylic oxidation sites excluding steroid dienone is 1. The second-order valence-corrected chi connectivity index (χ2v) is 9.39. The van der Waals surface area contributed by atoms with E-state index in [1.807, 2.05) is 12.2 Å². The van der Waals surface area contributed by atoms with Crippen LogP contribution in [-0.2, 0) is 14.4 Å². The van der Waals surface area contributed by atoms with Crippen LogP contribution in [0.2, 0.25) is 0 Å². The lowest BCUT2D eigenvalue weighted by molar-refractivity contribution is -0.145. The van der Waals surface area contributed by atoms with Crippen LogP contribution in [0.4, 0.5) is 0 Å². The molecule has 3 heterocycles. The molecule has 2 fully saturated rings. The van der Waals surface area contributed by atoms with Gasteiger partial charge in [-0.2, -0.15) is 0 Å². The van der Waals surface area contributed by atoms with Crippen LogP contribution in [-0.4, -0.2) is 74.2 Å². The van der Waals surface area contributed by atoms with Crippen molar-refractivity contribution in [2.24, 2.45) is 5.92 Å². The second kappa shape index (κ2) is 9.57. The molecule has 0 radical (unpaired) electrons. The van der Waals surface area contributed by atoms with E-state index in [1.165, 1.54) is 11.0 Å². The molecule has 0 spiro atoms. The Morgan fingerprint density at radius 2 is 2.09 bits per heavy atom. The molecular formula is C23H30N4O7. The van der Waals surface area contributed by atoms with E-state index >= 15 is 0 Å². The summed E-state index contributed by atoms with van der Waals surface area (Å²) in [5.41, 5.74) is -1.35. The summed E-state index contributed by atoms with van der Waals surface area (Å²) in [6.45, 7) is 1.58. The zero-order valence-corrected chi connectivity index (χ0v) is 19.0. The lowest BCUT2D eigenvalue weighted by Crippen LogP contribution is -2.56. The minimum absolute atomic E-state index is 0.00305. The third-order valence-electron chi connectivity index (χ3n) is 6.80. The molecule has 4 N–H and O–H groups in total. The van der Waals surface area contributed by atoms with E-state index < -0.39 is 47.4 Å². The number of carboxylic acid groups (broad SMARTS) is 1. The molecule has 184 valence electrons. The number of hydrogen-bond acceptors (Lipinski definition) is 7. The van der Waals surface area contributed by atoms with Crippen LogP contribution >= 0.6 is 0 Å². The number of aliphatic carboxylic acids is 1. The number of hydrogen-bond donors (Lipinski definition) is 4. The Bertz CT molecular complexity index is 1010. The predicted molar refractivity (Wildman–Crippen MR) is 117 cm³/mol. The van der Waals surface area contributed by atoms with Gasteiger partial charge in [0.25, 0.3) is 5.91 Å². The fourth-order valence-electron chi connectivity index (χ4n) is 4.78. The smallest absolute Gasteiger partial charge is 0.330 e. The van der Waals surface area contributed by atoms with E-state index in [0.717, 1.165) is 19.3 Å². The molecule has 0 bridgehead atoms. The van der Waals surface area contributed by atoms with Crippen LogP contribution in [0.3, 0.4) is 0 Å². The van der Waals surface area contributed by atoms with Crippen molar-refractivity contribution in [1.29, 1.82) is 0 Å². The number of carbonyl (C=O) groups is 4. The van der Waals surface area contributed by atoms with Crippen LogP contribution in [0, 0.1) is 12.8 Å². The van der Waals surface area contributed by atoms with Crippen molar-refractivity contribution >= 4 is 23.7 Å². The molecule has 1 aromatic rings. The fourth-order valence-corrected chi connectivity index (χ4v) is 4.78. The van der Waals surface area contributed by atoms with E-state index in [2.05, 4.69) is 15.8 Å². The number of fused-ring (bicyclic) bond motifs is 2. The molecule has 1 aliphatic carbocycles. The first-order chi connectivity index (χ1) is 16.2. The van der Waals surface area contributed by atoms with Gasteiger partial charge in [-0.3, -0.25) is 14.4 Å². The Morgan fingerprint density at radius 3 is 2.79 bits per heavy atom. The number of carboxylic acids is 1. The van der Waals surface area contributed by atoms with Gasteiger partial charge < -0.3 is 30.3 Å². The summed E-state index contributed by atoms with van der Waals surface area (Å²) >= 11 is 0. The van der Waals surface area contributed by atoms with Crippen molar-refractivity contribution in [3.8, 4) is 0 Å². The molecule has 0 aromatic carbocycles. The van der Waals surface area contributed by atoms with Gasteiger partial charge in [0.05, 0.1) is 6.10 Å². The van der Waals surface area contributed by atoms with E-state index in [1.54, 1.807) is 6.92 Å². The molecule has 11 heteroatoms. The molecule has 3 amide bonds. The van der Waals surface area contributed by atoms with Crippen LogP contribution in [0.15, 0.2) is 22.7 Å². The molecule has 4 rings (SSSR count). The Labute approximate surface area is 196 Å². The predicted octanol–water partition coefficient (Wildman–Crippen LogP) is 0.523. The summed E-state index contributed by atoms with van der Waals surface area (Å²) in [6, 6.07) is -0.484. The van der Waals surface area contributed by atoms with Crippen LogP contribution in [0.25, 0.3) is 0 Å². The summed E-state index contributed by atoms with van der Waals surface area (Å²) in [5, 5.41) is 29.0. The Kier molecular flexibility index (Phi) is 6.74. The number of amides is 3. The number of nitrogens with one attached hydrogen (secondary N) is 2. The maximum Gasteiger partial charge on any atom is 0.330 e. The zero-order valence-electron chi connectivity index (χ0n) is 19.0.